The number of aromatic hydroxyl groups is 1. The van der Waals surface area contributed by atoms with Gasteiger partial charge in [0, 0.05) is 23.7 Å². The van der Waals surface area contributed by atoms with E-state index in [1.54, 1.807) is 43.1 Å². The van der Waals surface area contributed by atoms with Crippen LogP contribution < -0.4 is 15.0 Å². The second-order valence-corrected chi connectivity index (χ2v) is 8.00. The number of phenolic OH excluding ortho intramolecular Hbond substituents is 1. The molecule has 1 aliphatic heterocycles. The number of aromatic nitrogens is 1. The molecule has 0 amide bonds. The molecule has 1 aliphatic rings. The van der Waals surface area contributed by atoms with Crippen molar-refractivity contribution in [2.24, 2.45) is 0 Å². The highest BCUT2D eigenvalue weighted by molar-refractivity contribution is 6.02. The molecule has 2 heterocycles. The fourth-order valence-electron chi connectivity index (χ4n) is 4.51. The molecule has 35 heavy (non-hydrogen) atoms. The molecule has 0 fully saturated rings. The number of benzene rings is 2. The largest absolute Gasteiger partial charge is 0.508 e. The molecule has 0 saturated carbocycles. The van der Waals surface area contributed by atoms with Gasteiger partial charge < -0.3 is 24.6 Å². The number of nitrogens with one attached hydrogen (secondary N) is 1. The summed E-state index contributed by atoms with van der Waals surface area (Å²) in [6, 6.07) is 10.1. The van der Waals surface area contributed by atoms with Crippen LogP contribution in [-0.4, -0.2) is 62.9 Å². The maximum Gasteiger partial charge on any atom is 0.260 e. The van der Waals surface area contributed by atoms with Crippen LogP contribution in [0, 0.1) is 6.92 Å². The Morgan fingerprint density at radius 3 is 2.40 bits per heavy atom. The lowest BCUT2D eigenvalue weighted by molar-refractivity contribution is -0.229. The van der Waals surface area contributed by atoms with Gasteiger partial charge in [0.25, 0.3) is 5.91 Å². The second kappa shape index (κ2) is 10.6. The fraction of sp³-hybridized carbons (Fsp3) is 0.400. The van der Waals surface area contributed by atoms with Crippen molar-refractivity contribution < 1.29 is 32.5 Å². The number of rotatable bonds is 11. The first kappa shape index (κ1) is 24.9. The molecule has 0 radical (unpaired) electrons. The van der Waals surface area contributed by atoms with E-state index >= 15 is 0 Å². The van der Waals surface area contributed by atoms with Gasteiger partial charge in [0.1, 0.15) is 49.5 Å². The molecule has 4 rings (SSSR count). The van der Waals surface area contributed by atoms with E-state index in [2.05, 4.69) is 5.32 Å². The van der Waals surface area contributed by atoms with Crippen LogP contribution in [0.25, 0.3) is 10.9 Å². The standard InChI is InChI=1S/C25H28F3N3O4/c1-16-14-17(32)6-7-20(16)31-23-18-4-3-5-21(33-11-8-26)22(18)30-24(29-2)19(23)15-25(31,34-12-9-27)35-13-10-28/h3-7,14,32H,8-13,15H2,1-2H3,(H,29,30). The van der Waals surface area contributed by atoms with Gasteiger partial charge in [-0.2, -0.15) is 0 Å². The van der Waals surface area contributed by atoms with Crippen LogP contribution in [0.2, 0.25) is 0 Å². The van der Waals surface area contributed by atoms with Crippen LogP contribution in [0.5, 0.6) is 11.5 Å². The van der Waals surface area contributed by atoms with E-state index in [0.717, 1.165) is 0 Å². The van der Waals surface area contributed by atoms with E-state index in [0.29, 0.717) is 45.0 Å². The van der Waals surface area contributed by atoms with Gasteiger partial charge in [-0.15, -0.1) is 0 Å². The number of aryl methyl sites for hydroxylation is 1. The Kier molecular flexibility index (Phi) is 7.51. The number of fused-ring (bicyclic) bond motifs is 3. The highest BCUT2D eigenvalue weighted by atomic mass is 19.1. The number of hydrogen-bond donors (Lipinski definition) is 2. The monoisotopic (exact) mass is 491 g/mol. The van der Waals surface area contributed by atoms with E-state index in [4.69, 9.17) is 19.2 Å². The molecular formula is C25H28F3N3O4. The Morgan fingerprint density at radius 2 is 1.77 bits per heavy atom. The van der Waals surface area contributed by atoms with E-state index in [-0.39, 0.29) is 32.0 Å². The minimum atomic E-state index is -1.57. The number of hydrogen-bond acceptors (Lipinski definition) is 7. The molecule has 10 heteroatoms. The normalized spacial score (nSPS) is 14.4. The van der Waals surface area contributed by atoms with Gasteiger partial charge in [0.05, 0.1) is 25.3 Å². The predicted molar refractivity (Wildman–Crippen MR) is 128 cm³/mol. The summed E-state index contributed by atoms with van der Waals surface area (Å²) in [4.78, 5) is 6.48. The van der Waals surface area contributed by atoms with Crippen LogP contribution >= 0.6 is 0 Å². The highest BCUT2D eigenvalue weighted by Crippen LogP contribution is 2.52. The van der Waals surface area contributed by atoms with Crippen molar-refractivity contribution in [3.05, 3.63) is 47.5 Å². The summed E-state index contributed by atoms with van der Waals surface area (Å²) in [6.45, 7) is -1.07. The van der Waals surface area contributed by atoms with Crippen molar-refractivity contribution in [2.45, 2.75) is 19.3 Å². The molecule has 0 unspecified atom stereocenters. The third-order valence-electron chi connectivity index (χ3n) is 5.82. The van der Waals surface area contributed by atoms with Crippen LogP contribution in [0.15, 0.2) is 36.4 Å². The molecule has 188 valence electrons. The van der Waals surface area contributed by atoms with E-state index in [1.165, 1.54) is 6.07 Å². The average molecular weight is 492 g/mol. The molecule has 0 saturated heterocycles. The summed E-state index contributed by atoms with van der Waals surface area (Å²) >= 11 is 0. The van der Waals surface area contributed by atoms with Crippen LogP contribution in [0.3, 0.4) is 0 Å². The van der Waals surface area contributed by atoms with Gasteiger partial charge in [0.2, 0.25) is 0 Å². The first-order valence-corrected chi connectivity index (χ1v) is 11.3. The van der Waals surface area contributed by atoms with Gasteiger partial charge >= 0.3 is 0 Å². The summed E-state index contributed by atoms with van der Waals surface area (Å²) in [5.41, 5.74) is 3.15. The number of nitrogens with zero attached hydrogens (tertiary/aromatic N) is 2. The van der Waals surface area contributed by atoms with Gasteiger partial charge in [0.15, 0.2) is 0 Å². The van der Waals surface area contributed by atoms with E-state index in [1.807, 2.05) is 6.07 Å². The second-order valence-electron chi connectivity index (χ2n) is 8.00. The predicted octanol–water partition coefficient (Wildman–Crippen LogP) is 4.96. The Labute approximate surface area is 201 Å². The first-order valence-electron chi connectivity index (χ1n) is 11.3. The summed E-state index contributed by atoms with van der Waals surface area (Å²) < 4.78 is 57.1. The van der Waals surface area contributed by atoms with Crippen molar-refractivity contribution in [1.29, 1.82) is 0 Å². The highest BCUT2D eigenvalue weighted by Gasteiger charge is 2.50. The van der Waals surface area contributed by atoms with Crippen molar-refractivity contribution in [2.75, 3.05) is 57.1 Å². The number of phenols is 1. The van der Waals surface area contributed by atoms with Crippen molar-refractivity contribution >= 4 is 28.1 Å². The maximum atomic E-state index is 13.3. The lowest BCUT2D eigenvalue weighted by atomic mass is 10.1. The average Bonchev–Trinajstić information content (AvgIpc) is 3.19. The minimum absolute atomic E-state index is 0.0723. The smallest absolute Gasteiger partial charge is 0.260 e. The quantitative estimate of drug-likeness (QED) is 0.367. The first-order chi connectivity index (χ1) is 17.0. The van der Waals surface area contributed by atoms with Gasteiger partial charge in [-0.1, -0.05) is 12.1 Å². The zero-order valence-electron chi connectivity index (χ0n) is 19.6. The maximum absolute atomic E-state index is 13.3. The minimum Gasteiger partial charge on any atom is -0.508 e. The lowest BCUT2D eigenvalue weighted by Gasteiger charge is -2.40. The number of anilines is 3. The van der Waals surface area contributed by atoms with Crippen molar-refractivity contribution in [3.8, 4) is 11.5 Å². The Hall–Kier alpha value is -3.24. The molecule has 0 bridgehead atoms. The van der Waals surface area contributed by atoms with Gasteiger partial charge in [-0.3, -0.25) is 4.90 Å². The molecule has 1 aromatic heterocycles. The molecule has 7 nitrogen and oxygen atoms in total. The summed E-state index contributed by atoms with van der Waals surface area (Å²) in [5, 5.41) is 13.8. The molecule has 2 aromatic carbocycles. The Bertz CT molecular complexity index is 1190. The van der Waals surface area contributed by atoms with E-state index < -0.39 is 25.9 Å². The third-order valence-corrected chi connectivity index (χ3v) is 5.82. The van der Waals surface area contributed by atoms with E-state index in [9.17, 15) is 18.3 Å². The zero-order chi connectivity index (χ0) is 25.0. The molecule has 0 spiro atoms. The van der Waals surface area contributed by atoms with Gasteiger partial charge in [-0.25, -0.2) is 18.2 Å². The molecule has 0 atom stereocenters. The van der Waals surface area contributed by atoms with Crippen molar-refractivity contribution in [3.63, 3.8) is 0 Å². The van der Waals surface area contributed by atoms with Gasteiger partial charge in [-0.05, 0) is 36.8 Å². The zero-order valence-corrected chi connectivity index (χ0v) is 19.6. The number of ether oxygens (including phenoxy) is 3. The Morgan fingerprint density at radius 1 is 1.06 bits per heavy atom. The molecule has 3 aromatic rings. The van der Waals surface area contributed by atoms with Crippen LogP contribution in [-0.2, 0) is 15.9 Å². The molecule has 2 N–H and O–H groups in total. The van der Waals surface area contributed by atoms with Crippen molar-refractivity contribution in [1.82, 2.24) is 4.98 Å². The van der Waals surface area contributed by atoms with Crippen LogP contribution in [0.4, 0.5) is 30.4 Å². The summed E-state index contributed by atoms with van der Waals surface area (Å²) in [5.74, 6) is -0.601. The topological polar surface area (TPSA) is 76.1 Å². The van der Waals surface area contributed by atoms with Crippen LogP contribution in [0.1, 0.15) is 11.1 Å². The fourth-order valence-corrected chi connectivity index (χ4v) is 4.51. The number of halogens is 3. The number of pyridine rings is 1. The third kappa shape index (κ3) is 4.55. The summed E-state index contributed by atoms with van der Waals surface area (Å²) in [7, 11) is 1.71. The molecular weight excluding hydrogens is 463 g/mol. The number of para-hydroxylation sites is 1. The number of alkyl halides is 3. The Balaban J connectivity index is 2.03. The SMILES string of the molecule is CNc1nc2c(OCCF)cccc2c2c1CC(OCCF)(OCCF)N2c1ccc(O)cc1C. The molecule has 0 aliphatic carbocycles. The lowest BCUT2D eigenvalue weighted by Crippen LogP contribution is -2.50. The summed E-state index contributed by atoms with van der Waals surface area (Å²) in [6.07, 6.45) is 0.122.